The van der Waals surface area contributed by atoms with Gasteiger partial charge in [-0.2, -0.15) is 0 Å². The summed E-state index contributed by atoms with van der Waals surface area (Å²) in [6.45, 7) is 6.55. The lowest BCUT2D eigenvalue weighted by Crippen LogP contribution is -2.49. The van der Waals surface area contributed by atoms with Crippen LogP contribution in [-0.2, 0) is 0 Å². The van der Waals surface area contributed by atoms with Gasteiger partial charge in [-0.05, 0) is 26.8 Å². The van der Waals surface area contributed by atoms with Crippen molar-refractivity contribution in [3.63, 3.8) is 0 Å². The summed E-state index contributed by atoms with van der Waals surface area (Å²) < 4.78 is 0. The van der Waals surface area contributed by atoms with Gasteiger partial charge < -0.3 is 9.80 Å². The zero-order valence-corrected chi connectivity index (χ0v) is 16.2. The smallest absolute Gasteiger partial charge is 0.274 e. The van der Waals surface area contributed by atoms with E-state index in [1.165, 1.54) is 6.20 Å². The molecule has 7 heteroatoms. The van der Waals surface area contributed by atoms with Crippen molar-refractivity contribution in [3.05, 3.63) is 59.2 Å². The first-order chi connectivity index (χ1) is 13.4. The van der Waals surface area contributed by atoms with Gasteiger partial charge in [0.1, 0.15) is 5.69 Å². The number of aromatic nitrogens is 2. The van der Waals surface area contributed by atoms with Gasteiger partial charge in [0.15, 0.2) is 5.78 Å². The van der Waals surface area contributed by atoms with Crippen LogP contribution < -0.4 is 0 Å². The van der Waals surface area contributed by atoms with E-state index >= 15 is 0 Å². The maximum Gasteiger partial charge on any atom is 0.274 e. The highest BCUT2D eigenvalue weighted by atomic mass is 16.2. The number of hydrogen-bond acceptors (Lipinski definition) is 5. The van der Waals surface area contributed by atoms with Crippen LogP contribution in [0, 0.1) is 12.3 Å². The number of Topliss-reactive ketones (excluding diaryl/α,β-unsaturated/α-hetero) is 1. The van der Waals surface area contributed by atoms with Crippen LogP contribution in [0.3, 0.4) is 0 Å². The minimum Gasteiger partial charge on any atom is -0.334 e. The van der Waals surface area contributed by atoms with Crippen molar-refractivity contribution in [1.29, 1.82) is 0 Å². The van der Waals surface area contributed by atoms with Crippen LogP contribution in [0.1, 0.15) is 50.7 Å². The number of likely N-dealkylation sites (N-methyl/N-ethyl adjacent to an activating group) is 1. The predicted octanol–water partition coefficient (Wildman–Crippen LogP) is 1.97. The fourth-order valence-electron chi connectivity index (χ4n) is 4.30. The molecule has 144 valence electrons. The monoisotopic (exact) mass is 378 g/mol. The normalized spacial score (nSPS) is 24.0. The zero-order chi connectivity index (χ0) is 20.1. The number of amides is 2. The summed E-state index contributed by atoms with van der Waals surface area (Å²) in [6, 6.07) is 6.56. The molecule has 28 heavy (non-hydrogen) atoms. The summed E-state index contributed by atoms with van der Waals surface area (Å²) in [5.41, 5.74) is 0.969. The van der Waals surface area contributed by atoms with Crippen molar-refractivity contribution < 1.29 is 14.4 Å². The van der Waals surface area contributed by atoms with Crippen molar-refractivity contribution in [1.82, 2.24) is 19.8 Å². The van der Waals surface area contributed by atoms with Crippen LogP contribution in [-0.4, -0.2) is 63.0 Å². The number of carbonyl (C=O) groups is 3. The second kappa shape index (κ2) is 6.51. The van der Waals surface area contributed by atoms with Gasteiger partial charge in [0, 0.05) is 31.4 Å². The summed E-state index contributed by atoms with van der Waals surface area (Å²) in [6.07, 6.45) is 3.00. The minimum absolute atomic E-state index is 0.0947. The van der Waals surface area contributed by atoms with Crippen LogP contribution in [0.2, 0.25) is 0 Å². The van der Waals surface area contributed by atoms with Crippen molar-refractivity contribution in [2.75, 3.05) is 19.6 Å². The lowest BCUT2D eigenvalue weighted by Gasteiger charge is -2.34. The van der Waals surface area contributed by atoms with E-state index in [2.05, 4.69) is 9.97 Å². The second-order valence-corrected chi connectivity index (χ2v) is 7.63. The van der Waals surface area contributed by atoms with Crippen molar-refractivity contribution in [2.45, 2.75) is 26.8 Å². The summed E-state index contributed by atoms with van der Waals surface area (Å²) in [7, 11) is 0. The van der Waals surface area contributed by atoms with Crippen molar-refractivity contribution >= 4 is 17.6 Å². The van der Waals surface area contributed by atoms with E-state index in [-0.39, 0.29) is 35.9 Å². The van der Waals surface area contributed by atoms with Crippen LogP contribution in [0.25, 0.3) is 0 Å². The van der Waals surface area contributed by atoms with E-state index in [0.29, 0.717) is 24.2 Å². The quantitative estimate of drug-likeness (QED) is 0.798. The highest BCUT2D eigenvalue weighted by Crippen LogP contribution is 2.41. The molecule has 3 heterocycles. The van der Waals surface area contributed by atoms with E-state index < -0.39 is 5.41 Å². The standard InChI is InChI=1S/C21H22N4O3/c1-4-25-17-11-24(20(28)16-10-22-13(2)9-23-16)12-21(17,3)18(26)14-7-5-6-8-15(14)19(25)27/h5-10,17H,4,11-12H2,1-3H3/t17-,21+/m1/s1. The summed E-state index contributed by atoms with van der Waals surface area (Å²) in [5, 5.41) is 0. The average molecular weight is 378 g/mol. The Balaban J connectivity index is 1.74. The van der Waals surface area contributed by atoms with Gasteiger partial charge in [-0.1, -0.05) is 18.2 Å². The number of fused-ring (bicyclic) bond motifs is 2. The molecule has 0 saturated carbocycles. The van der Waals surface area contributed by atoms with Gasteiger partial charge in [-0.3, -0.25) is 19.4 Å². The number of aryl methyl sites for hydroxylation is 1. The molecule has 0 radical (unpaired) electrons. The average Bonchev–Trinajstić information content (AvgIpc) is 3.04. The third-order valence-electron chi connectivity index (χ3n) is 5.83. The number of likely N-dealkylation sites (tertiary alicyclic amines) is 1. The molecule has 2 aromatic rings. The lowest BCUT2D eigenvalue weighted by molar-refractivity contribution is 0.0559. The Bertz CT molecular complexity index is 972. The maximum atomic E-state index is 13.5. The van der Waals surface area contributed by atoms with E-state index in [9.17, 15) is 14.4 Å². The lowest BCUT2D eigenvalue weighted by atomic mass is 9.78. The number of rotatable bonds is 2. The second-order valence-electron chi connectivity index (χ2n) is 7.63. The van der Waals surface area contributed by atoms with Gasteiger partial charge in [0.05, 0.1) is 28.9 Å². The van der Waals surface area contributed by atoms with E-state index in [4.69, 9.17) is 0 Å². The predicted molar refractivity (Wildman–Crippen MR) is 102 cm³/mol. The molecule has 4 rings (SSSR count). The molecule has 2 aliphatic heterocycles. The number of ketones is 1. The molecular formula is C21H22N4O3. The first-order valence-corrected chi connectivity index (χ1v) is 9.39. The fourth-order valence-corrected chi connectivity index (χ4v) is 4.30. The largest absolute Gasteiger partial charge is 0.334 e. The third kappa shape index (κ3) is 2.61. The Hall–Kier alpha value is -3.09. The highest BCUT2D eigenvalue weighted by molar-refractivity contribution is 6.13. The summed E-state index contributed by atoms with van der Waals surface area (Å²) >= 11 is 0. The SMILES string of the molecule is CCN1C(=O)c2ccccc2C(=O)[C@@]2(C)CN(C(=O)c3cnc(C)cn3)C[C@@H]12. The Morgan fingerprint density at radius 1 is 1.18 bits per heavy atom. The molecule has 1 fully saturated rings. The molecule has 2 amide bonds. The summed E-state index contributed by atoms with van der Waals surface area (Å²) in [5.74, 6) is -0.529. The van der Waals surface area contributed by atoms with Crippen LogP contribution in [0.5, 0.6) is 0 Å². The Morgan fingerprint density at radius 3 is 2.54 bits per heavy atom. The van der Waals surface area contributed by atoms with Gasteiger partial charge in [-0.15, -0.1) is 0 Å². The molecule has 1 saturated heterocycles. The molecular weight excluding hydrogens is 356 g/mol. The van der Waals surface area contributed by atoms with Crippen LogP contribution in [0.4, 0.5) is 0 Å². The van der Waals surface area contributed by atoms with E-state index in [1.54, 1.807) is 47.2 Å². The van der Waals surface area contributed by atoms with Crippen molar-refractivity contribution in [3.8, 4) is 0 Å². The molecule has 7 nitrogen and oxygen atoms in total. The van der Waals surface area contributed by atoms with E-state index in [0.717, 1.165) is 5.69 Å². The molecule has 2 aliphatic rings. The number of carbonyl (C=O) groups excluding carboxylic acids is 3. The number of hydrogen-bond donors (Lipinski definition) is 0. The van der Waals surface area contributed by atoms with E-state index in [1.807, 2.05) is 13.8 Å². The van der Waals surface area contributed by atoms with Crippen molar-refractivity contribution in [2.24, 2.45) is 5.41 Å². The molecule has 0 aliphatic carbocycles. The molecule has 1 aromatic carbocycles. The zero-order valence-electron chi connectivity index (χ0n) is 16.2. The Morgan fingerprint density at radius 2 is 1.89 bits per heavy atom. The first-order valence-electron chi connectivity index (χ1n) is 9.39. The fraction of sp³-hybridized carbons (Fsp3) is 0.381. The molecule has 0 unspecified atom stereocenters. The molecule has 1 aromatic heterocycles. The number of benzene rings is 1. The van der Waals surface area contributed by atoms with Gasteiger partial charge in [0.2, 0.25) is 0 Å². The van der Waals surface area contributed by atoms with Crippen LogP contribution >= 0.6 is 0 Å². The van der Waals surface area contributed by atoms with Gasteiger partial charge in [-0.25, -0.2) is 4.98 Å². The third-order valence-corrected chi connectivity index (χ3v) is 5.83. The summed E-state index contributed by atoms with van der Waals surface area (Å²) in [4.78, 5) is 51.2. The number of nitrogens with zero attached hydrogens (tertiary/aromatic N) is 4. The Kier molecular flexibility index (Phi) is 4.25. The van der Waals surface area contributed by atoms with Gasteiger partial charge in [0.25, 0.3) is 11.8 Å². The molecule has 0 N–H and O–H groups in total. The topological polar surface area (TPSA) is 83.5 Å². The Labute approximate surface area is 163 Å². The molecule has 0 bridgehead atoms. The van der Waals surface area contributed by atoms with Gasteiger partial charge >= 0.3 is 0 Å². The molecule has 2 atom stereocenters. The van der Waals surface area contributed by atoms with Crippen LogP contribution in [0.15, 0.2) is 36.7 Å². The first kappa shape index (κ1) is 18.3. The maximum absolute atomic E-state index is 13.5. The highest BCUT2D eigenvalue weighted by Gasteiger charge is 2.55. The molecule has 0 spiro atoms. The minimum atomic E-state index is -0.869.